The molecule has 2 heterocycles. The number of hydrogen-bond donors (Lipinski definition) is 2. The molecule has 3 rings (SSSR count). The maximum absolute atomic E-state index is 11.6. The Morgan fingerprint density at radius 3 is 2.81 bits per heavy atom. The standard InChI is InChI=1S/C18H19N3O3S2/c1-2-15(23)11-3-5-13(6-4-11)24-9-12(22)10-26-18-20-16(19)14-7-8-25-17(14)21-18/h3-8,12,22H,2,9-10H2,1H3,(H2,19,20,21)/t12-/m1/s1. The van der Waals surface area contributed by atoms with Crippen molar-refractivity contribution >= 4 is 44.9 Å². The Morgan fingerprint density at radius 1 is 1.31 bits per heavy atom. The Balaban J connectivity index is 1.50. The van der Waals surface area contributed by atoms with Gasteiger partial charge < -0.3 is 15.6 Å². The molecule has 0 bridgehead atoms. The van der Waals surface area contributed by atoms with E-state index in [9.17, 15) is 9.90 Å². The smallest absolute Gasteiger partial charge is 0.190 e. The lowest BCUT2D eigenvalue weighted by molar-refractivity contribution is 0.0987. The number of nitrogens with zero attached hydrogens (tertiary/aromatic N) is 2. The molecule has 8 heteroatoms. The molecule has 6 nitrogen and oxygen atoms in total. The van der Waals surface area contributed by atoms with E-state index in [4.69, 9.17) is 10.5 Å². The van der Waals surface area contributed by atoms with Crippen LogP contribution in [-0.2, 0) is 0 Å². The Kier molecular flexibility index (Phi) is 6.08. The van der Waals surface area contributed by atoms with E-state index < -0.39 is 6.10 Å². The van der Waals surface area contributed by atoms with Crippen LogP contribution in [-0.4, -0.2) is 39.3 Å². The van der Waals surface area contributed by atoms with Crippen molar-refractivity contribution in [1.82, 2.24) is 9.97 Å². The van der Waals surface area contributed by atoms with Crippen molar-refractivity contribution in [2.75, 3.05) is 18.1 Å². The molecule has 1 atom stereocenters. The number of rotatable bonds is 8. The molecule has 0 fully saturated rings. The minimum Gasteiger partial charge on any atom is -0.491 e. The summed E-state index contributed by atoms with van der Waals surface area (Å²) in [6.07, 6.45) is -0.208. The maximum atomic E-state index is 11.6. The molecule has 1 aromatic carbocycles. The number of benzene rings is 1. The van der Waals surface area contributed by atoms with Crippen LogP contribution in [0, 0.1) is 0 Å². The SMILES string of the molecule is CCC(=O)c1ccc(OC[C@@H](O)CSc2nc(N)c3ccsc3n2)cc1. The molecule has 0 unspecified atom stereocenters. The number of aromatic nitrogens is 2. The first-order chi connectivity index (χ1) is 12.6. The third-order valence-electron chi connectivity index (χ3n) is 3.68. The van der Waals surface area contributed by atoms with Gasteiger partial charge in [0.05, 0.1) is 11.5 Å². The number of thiophene rings is 1. The highest BCUT2D eigenvalue weighted by Gasteiger charge is 2.11. The van der Waals surface area contributed by atoms with E-state index >= 15 is 0 Å². The number of fused-ring (bicyclic) bond motifs is 1. The fraction of sp³-hybridized carbons (Fsp3) is 0.278. The topological polar surface area (TPSA) is 98.3 Å². The first-order valence-corrected chi connectivity index (χ1v) is 10.0. The normalized spacial score (nSPS) is 12.2. The molecule has 0 radical (unpaired) electrons. The number of thioether (sulfide) groups is 1. The predicted octanol–water partition coefficient (Wildman–Crippen LogP) is 3.40. The number of Topliss-reactive ketones (excluding diaryl/α,β-unsaturated/α-hetero) is 1. The van der Waals surface area contributed by atoms with Crippen molar-refractivity contribution < 1.29 is 14.6 Å². The van der Waals surface area contributed by atoms with Gasteiger partial charge in [-0.15, -0.1) is 11.3 Å². The lowest BCUT2D eigenvalue weighted by Gasteiger charge is -2.12. The zero-order chi connectivity index (χ0) is 18.5. The molecule has 2 aromatic heterocycles. The van der Waals surface area contributed by atoms with Gasteiger partial charge in [-0.1, -0.05) is 18.7 Å². The average Bonchev–Trinajstić information content (AvgIpc) is 3.13. The van der Waals surface area contributed by atoms with Crippen molar-refractivity contribution in [3.05, 3.63) is 41.3 Å². The fourth-order valence-electron chi connectivity index (χ4n) is 2.27. The lowest BCUT2D eigenvalue weighted by Crippen LogP contribution is -2.20. The van der Waals surface area contributed by atoms with Crippen LogP contribution in [0.5, 0.6) is 5.75 Å². The highest BCUT2D eigenvalue weighted by Crippen LogP contribution is 2.26. The number of carbonyl (C=O) groups is 1. The monoisotopic (exact) mass is 389 g/mol. The largest absolute Gasteiger partial charge is 0.491 e. The summed E-state index contributed by atoms with van der Waals surface area (Å²) in [6, 6.07) is 8.82. The molecule has 0 saturated heterocycles. The van der Waals surface area contributed by atoms with Gasteiger partial charge in [-0.05, 0) is 35.7 Å². The first-order valence-electron chi connectivity index (χ1n) is 8.14. The minimum absolute atomic E-state index is 0.0926. The Morgan fingerprint density at radius 2 is 2.08 bits per heavy atom. The van der Waals surface area contributed by atoms with Gasteiger partial charge in [0, 0.05) is 17.7 Å². The third-order valence-corrected chi connectivity index (χ3v) is 5.48. The average molecular weight is 390 g/mol. The van der Waals surface area contributed by atoms with Crippen molar-refractivity contribution in [3.63, 3.8) is 0 Å². The molecule has 0 amide bonds. The Hall–Kier alpha value is -2.16. The van der Waals surface area contributed by atoms with Crippen LogP contribution in [0.2, 0.25) is 0 Å². The van der Waals surface area contributed by atoms with Gasteiger partial charge in [0.25, 0.3) is 0 Å². The van der Waals surface area contributed by atoms with E-state index in [-0.39, 0.29) is 12.4 Å². The van der Waals surface area contributed by atoms with Gasteiger partial charge in [-0.25, -0.2) is 9.97 Å². The van der Waals surface area contributed by atoms with E-state index in [0.29, 0.717) is 34.5 Å². The molecule has 0 aliphatic heterocycles. The summed E-state index contributed by atoms with van der Waals surface area (Å²) >= 11 is 2.84. The summed E-state index contributed by atoms with van der Waals surface area (Å²) in [5.41, 5.74) is 6.58. The summed E-state index contributed by atoms with van der Waals surface area (Å²) in [5, 5.41) is 13.4. The third kappa shape index (κ3) is 4.51. The number of hydrogen-bond acceptors (Lipinski definition) is 8. The van der Waals surface area contributed by atoms with E-state index in [1.165, 1.54) is 23.1 Å². The van der Waals surface area contributed by atoms with Crippen molar-refractivity contribution in [2.45, 2.75) is 24.6 Å². The Bertz CT molecular complexity index is 896. The van der Waals surface area contributed by atoms with Crippen LogP contribution >= 0.6 is 23.1 Å². The highest BCUT2D eigenvalue weighted by molar-refractivity contribution is 7.99. The summed E-state index contributed by atoms with van der Waals surface area (Å²) in [7, 11) is 0. The van der Waals surface area contributed by atoms with Crippen LogP contribution in [0.4, 0.5) is 5.82 Å². The molecular weight excluding hydrogens is 370 g/mol. The van der Waals surface area contributed by atoms with Crippen LogP contribution < -0.4 is 10.5 Å². The highest BCUT2D eigenvalue weighted by atomic mass is 32.2. The van der Waals surface area contributed by atoms with E-state index in [0.717, 1.165) is 10.2 Å². The summed E-state index contributed by atoms with van der Waals surface area (Å²) in [5.74, 6) is 1.55. The van der Waals surface area contributed by atoms with E-state index in [1.807, 2.05) is 18.4 Å². The summed E-state index contributed by atoms with van der Waals surface area (Å²) in [6.45, 7) is 1.97. The predicted molar refractivity (Wildman–Crippen MR) is 105 cm³/mol. The molecule has 136 valence electrons. The molecule has 3 aromatic rings. The second-order valence-electron chi connectivity index (χ2n) is 5.61. The molecule has 0 saturated carbocycles. The number of aliphatic hydroxyl groups is 1. The Labute approximate surface area is 159 Å². The van der Waals surface area contributed by atoms with Gasteiger partial charge in [-0.3, -0.25) is 4.79 Å². The van der Waals surface area contributed by atoms with Gasteiger partial charge in [-0.2, -0.15) is 0 Å². The summed E-state index contributed by atoms with van der Waals surface area (Å²) < 4.78 is 5.57. The molecule has 0 spiro atoms. The zero-order valence-electron chi connectivity index (χ0n) is 14.2. The zero-order valence-corrected chi connectivity index (χ0v) is 15.8. The summed E-state index contributed by atoms with van der Waals surface area (Å²) in [4.78, 5) is 21.1. The van der Waals surface area contributed by atoms with Gasteiger partial charge in [0.1, 0.15) is 23.0 Å². The van der Waals surface area contributed by atoms with Crippen molar-refractivity contribution in [1.29, 1.82) is 0 Å². The molecule has 0 aliphatic rings. The van der Waals surface area contributed by atoms with Gasteiger partial charge in [0.15, 0.2) is 10.9 Å². The van der Waals surface area contributed by atoms with E-state index in [1.54, 1.807) is 24.3 Å². The fourth-order valence-corrected chi connectivity index (χ4v) is 3.86. The molecule has 3 N–H and O–H groups in total. The lowest BCUT2D eigenvalue weighted by atomic mass is 10.1. The second kappa shape index (κ2) is 8.48. The van der Waals surface area contributed by atoms with Crippen LogP contribution in [0.25, 0.3) is 10.2 Å². The van der Waals surface area contributed by atoms with Crippen LogP contribution in [0.15, 0.2) is 40.9 Å². The minimum atomic E-state index is -0.680. The van der Waals surface area contributed by atoms with Crippen LogP contribution in [0.3, 0.4) is 0 Å². The van der Waals surface area contributed by atoms with Crippen molar-refractivity contribution in [2.24, 2.45) is 0 Å². The second-order valence-corrected chi connectivity index (χ2v) is 7.49. The maximum Gasteiger partial charge on any atom is 0.190 e. The van der Waals surface area contributed by atoms with E-state index in [2.05, 4.69) is 9.97 Å². The number of aliphatic hydroxyl groups excluding tert-OH is 1. The van der Waals surface area contributed by atoms with Gasteiger partial charge >= 0.3 is 0 Å². The van der Waals surface area contributed by atoms with Crippen LogP contribution in [0.1, 0.15) is 23.7 Å². The molecule has 0 aliphatic carbocycles. The number of nitrogen functional groups attached to an aromatic ring is 1. The quantitative estimate of drug-likeness (QED) is 0.346. The molecular formula is C18H19N3O3S2. The van der Waals surface area contributed by atoms with Crippen molar-refractivity contribution in [3.8, 4) is 5.75 Å². The first kappa shape index (κ1) is 18.6. The number of anilines is 1. The number of carbonyl (C=O) groups excluding carboxylic acids is 1. The number of ketones is 1. The molecule has 26 heavy (non-hydrogen) atoms. The number of ether oxygens (including phenoxy) is 1. The number of nitrogens with two attached hydrogens (primary N) is 1. The van der Waals surface area contributed by atoms with Gasteiger partial charge in [0.2, 0.25) is 0 Å².